The van der Waals surface area contributed by atoms with Crippen LogP contribution in [0.3, 0.4) is 0 Å². The second-order valence-corrected chi connectivity index (χ2v) is 6.14. The van der Waals surface area contributed by atoms with Gasteiger partial charge in [-0.1, -0.05) is 0 Å². The molecule has 4 nitrogen and oxygen atoms in total. The third-order valence-electron chi connectivity index (χ3n) is 4.38. The normalized spacial score (nSPS) is 27.5. The smallest absolute Gasteiger partial charge is 0.250 e. The lowest BCUT2D eigenvalue weighted by Gasteiger charge is -2.35. The first-order valence-electron chi connectivity index (χ1n) is 8.01. The van der Waals surface area contributed by atoms with Crippen LogP contribution in [-0.4, -0.2) is 48.7 Å². The molecule has 0 bridgehead atoms. The molecule has 2 unspecified atom stereocenters. The predicted molar refractivity (Wildman–Crippen MR) is 79.9 cm³/mol. The van der Waals surface area contributed by atoms with Crippen molar-refractivity contribution >= 4 is 0 Å². The molecule has 3 rings (SSSR count). The molecule has 0 saturated carbocycles. The monoisotopic (exact) mass is 293 g/mol. The van der Waals surface area contributed by atoms with Crippen LogP contribution in [0.2, 0.25) is 0 Å². The molecule has 21 heavy (non-hydrogen) atoms. The Morgan fingerprint density at radius 2 is 2.33 bits per heavy atom. The van der Waals surface area contributed by atoms with Crippen molar-refractivity contribution in [2.45, 2.75) is 31.8 Å². The highest BCUT2D eigenvalue weighted by atomic mass is 19.1. The van der Waals surface area contributed by atoms with Crippen molar-refractivity contribution in [1.29, 1.82) is 0 Å². The van der Waals surface area contributed by atoms with E-state index in [0.29, 0.717) is 0 Å². The van der Waals surface area contributed by atoms with Crippen LogP contribution in [0, 0.1) is 11.7 Å². The molecular formula is C16H24FN3O. The summed E-state index contributed by atoms with van der Waals surface area (Å²) in [6.07, 6.45) is 6.31. The highest BCUT2D eigenvalue weighted by Gasteiger charge is 2.25. The Hall–Kier alpha value is -1.20. The third kappa shape index (κ3) is 4.14. The quantitative estimate of drug-likeness (QED) is 0.922. The molecule has 116 valence electrons. The van der Waals surface area contributed by atoms with Crippen LogP contribution in [-0.2, 0) is 0 Å². The minimum Gasteiger partial charge on any atom is -0.471 e. The summed E-state index contributed by atoms with van der Waals surface area (Å²) in [5.74, 6) is 0.513. The molecule has 0 radical (unpaired) electrons. The van der Waals surface area contributed by atoms with E-state index in [1.165, 1.54) is 18.9 Å². The van der Waals surface area contributed by atoms with E-state index in [2.05, 4.69) is 15.2 Å². The van der Waals surface area contributed by atoms with Gasteiger partial charge in [-0.25, -0.2) is 9.37 Å². The van der Waals surface area contributed by atoms with E-state index in [4.69, 9.17) is 4.74 Å². The number of pyridine rings is 1. The topological polar surface area (TPSA) is 37.4 Å². The van der Waals surface area contributed by atoms with Gasteiger partial charge in [0.15, 0.2) is 5.82 Å². The highest BCUT2D eigenvalue weighted by molar-refractivity contribution is 5.13. The fourth-order valence-electron chi connectivity index (χ4n) is 3.34. The van der Waals surface area contributed by atoms with Crippen molar-refractivity contribution in [3.63, 3.8) is 0 Å². The Labute approximate surface area is 125 Å². The first-order chi connectivity index (χ1) is 10.3. The molecule has 2 aliphatic rings. The van der Waals surface area contributed by atoms with Gasteiger partial charge in [0.1, 0.15) is 6.10 Å². The number of aromatic nitrogens is 1. The van der Waals surface area contributed by atoms with Crippen LogP contribution in [0.15, 0.2) is 18.3 Å². The maximum Gasteiger partial charge on any atom is 0.250 e. The average molecular weight is 293 g/mol. The molecule has 0 amide bonds. The van der Waals surface area contributed by atoms with Crippen LogP contribution in [0.25, 0.3) is 0 Å². The van der Waals surface area contributed by atoms with Crippen LogP contribution in [0.4, 0.5) is 4.39 Å². The van der Waals surface area contributed by atoms with Gasteiger partial charge in [-0.05, 0) is 63.4 Å². The molecule has 0 spiro atoms. The number of ether oxygens (including phenoxy) is 1. The second-order valence-electron chi connectivity index (χ2n) is 6.14. The zero-order chi connectivity index (χ0) is 14.5. The van der Waals surface area contributed by atoms with Gasteiger partial charge in [0.2, 0.25) is 0 Å². The van der Waals surface area contributed by atoms with Gasteiger partial charge in [0.05, 0.1) is 0 Å². The molecule has 5 heteroatoms. The molecule has 1 aromatic heterocycles. The number of nitrogens with one attached hydrogen (secondary N) is 1. The summed E-state index contributed by atoms with van der Waals surface area (Å²) in [5, 5.41) is 3.47. The molecular weight excluding hydrogens is 269 g/mol. The summed E-state index contributed by atoms with van der Waals surface area (Å²) < 4.78 is 19.4. The SMILES string of the molecule is Fc1cccnc1OC1CCCN(CC2CCCNC2)C1. The molecule has 1 aromatic rings. The number of hydrogen-bond donors (Lipinski definition) is 1. The predicted octanol–water partition coefficient (Wildman–Crippen LogP) is 2.06. The van der Waals surface area contributed by atoms with Gasteiger partial charge in [0, 0.05) is 19.3 Å². The Kier molecular flexibility index (Phi) is 5.04. The maximum absolute atomic E-state index is 13.6. The van der Waals surface area contributed by atoms with Gasteiger partial charge < -0.3 is 10.1 Å². The summed E-state index contributed by atoms with van der Waals surface area (Å²) in [4.78, 5) is 6.45. The number of piperidine rings is 2. The standard InChI is InChI=1S/C16H24FN3O/c17-15-6-2-8-19-16(15)21-14-5-3-9-20(12-14)11-13-4-1-7-18-10-13/h2,6,8,13-14,18H,1,3-5,7,9-12H2. The number of halogens is 1. The molecule has 2 aliphatic heterocycles. The number of likely N-dealkylation sites (tertiary alicyclic amines) is 1. The first kappa shape index (κ1) is 14.7. The van der Waals surface area contributed by atoms with Gasteiger partial charge >= 0.3 is 0 Å². The lowest BCUT2D eigenvalue weighted by atomic mass is 9.97. The largest absolute Gasteiger partial charge is 0.471 e. The van der Waals surface area contributed by atoms with Gasteiger partial charge in [-0.3, -0.25) is 4.90 Å². The molecule has 2 saturated heterocycles. The Balaban J connectivity index is 1.52. The minimum absolute atomic E-state index is 0.0553. The minimum atomic E-state index is -0.369. The van der Waals surface area contributed by atoms with Crippen LogP contribution >= 0.6 is 0 Å². The van der Waals surface area contributed by atoms with Crippen LogP contribution in [0.1, 0.15) is 25.7 Å². The molecule has 2 fully saturated rings. The second kappa shape index (κ2) is 7.18. The fraction of sp³-hybridized carbons (Fsp3) is 0.688. The zero-order valence-electron chi connectivity index (χ0n) is 12.4. The van der Waals surface area contributed by atoms with Gasteiger partial charge in [-0.2, -0.15) is 0 Å². The van der Waals surface area contributed by atoms with E-state index in [9.17, 15) is 4.39 Å². The van der Waals surface area contributed by atoms with Gasteiger partial charge in [-0.15, -0.1) is 0 Å². The molecule has 2 atom stereocenters. The highest BCUT2D eigenvalue weighted by Crippen LogP contribution is 2.21. The lowest BCUT2D eigenvalue weighted by molar-refractivity contribution is 0.0695. The van der Waals surface area contributed by atoms with Crippen LogP contribution in [0.5, 0.6) is 5.88 Å². The number of hydrogen-bond acceptors (Lipinski definition) is 4. The average Bonchev–Trinajstić information content (AvgIpc) is 2.51. The summed E-state index contributed by atoms with van der Waals surface area (Å²) in [6, 6.07) is 2.99. The number of rotatable bonds is 4. The summed E-state index contributed by atoms with van der Waals surface area (Å²) in [5.41, 5.74) is 0. The van der Waals surface area contributed by atoms with Gasteiger partial charge in [0.25, 0.3) is 5.88 Å². The van der Waals surface area contributed by atoms with E-state index in [-0.39, 0.29) is 17.8 Å². The van der Waals surface area contributed by atoms with E-state index in [1.54, 1.807) is 12.3 Å². The molecule has 0 aromatic carbocycles. The van der Waals surface area contributed by atoms with Crippen molar-refractivity contribution in [1.82, 2.24) is 15.2 Å². The van der Waals surface area contributed by atoms with E-state index < -0.39 is 0 Å². The molecule has 1 N–H and O–H groups in total. The summed E-state index contributed by atoms with van der Waals surface area (Å²) in [6.45, 7) is 5.41. The Morgan fingerprint density at radius 1 is 1.38 bits per heavy atom. The van der Waals surface area contributed by atoms with Crippen molar-refractivity contribution < 1.29 is 9.13 Å². The third-order valence-corrected chi connectivity index (χ3v) is 4.38. The van der Waals surface area contributed by atoms with Crippen LogP contribution < -0.4 is 10.1 Å². The van der Waals surface area contributed by atoms with Crippen molar-refractivity contribution in [3.05, 3.63) is 24.1 Å². The first-order valence-corrected chi connectivity index (χ1v) is 8.01. The Bertz CT molecular complexity index is 451. The van der Waals surface area contributed by atoms with E-state index >= 15 is 0 Å². The fourth-order valence-corrected chi connectivity index (χ4v) is 3.34. The molecule has 3 heterocycles. The van der Waals surface area contributed by atoms with E-state index in [0.717, 1.165) is 51.5 Å². The number of nitrogens with zero attached hydrogens (tertiary/aromatic N) is 2. The van der Waals surface area contributed by atoms with Crippen molar-refractivity contribution in [2.75, 3.05) is 32.7 Å². The van der Waals surface area contributed by atoms with Crippen molar-refractivity contribution in [2.24, 2.45) is 5.92 Å². The maximum atomic E-state index is 13.6. The van der Waals surface area contributed by atoms with Crippen molar-refractivity contribution in [3.8, 4) is 5.88 Å². The zero-order valence-corrected chi connectivity index (χ0v) is 12.4. The van der Waals surface area contributed by atoms with E-state index in [1.807, 2.05) is 0 Å². The Morgan fingerprint density at radius 3 is 3.14 bits per heavy atom. The molecule has 0 aliphatic carbocycles. The summed E-state index contributed by atoms with van der Waals surface area (Å²) >= 11 is 0. The lowest BCUT2D eigenvalue weighted by Crippen LogP contribution is -2.45. The summed E-state index contributed by atoms with van der Waals surface area (Å²) in [7, 11) is 0.